The molecule has 0 aliphatic heterocycles. The summed E-state index contributed by atoms with van der Waals surface area (Å²) >= 11 is 6.67. The maximum absolute atomic E-state index is 11.7. The van der Waals surface area contributed by atoms with Crippen LogP contribution in [-0.4, -0.2) is 29.8 Å². The second kappa shape index (κ2) is 8.60. The fourth-order valence-corrected chi connectivity index (χ4v) is 2.82. The lowest BCUT2D eigenvalue weighted by atomic mass is 10.1. The van der Waals surface area contributed by atoms with Crippen LogP contribution in [0, 0.1) is 0 Å². The molecule has 0 bridgehead atoms. The van der Waals surface area contributed by atoms with Gasteiger partial charge in [0.25, 0.3) is 5.91 Å². The Bertz CT molecular complexity index is 776. The van der Waals surface area contributed by atoms with E-state index >= 15 is 0 Å². The number of halogens is 2. The molecule has 0 saturated carbocycles. The molecule has 0 saturated heterocycles. The summed E-state index contributed by atoms with van der Waals surface area (Å²) in [6.07, 6.45) is 1.42. The Balaban J connectivity index is 1.83. The fraction of sp³-hybridized carbons (Fsp3) is 0.0625. The molecule has 0 heterocycles. The molecule has 8 heteroatoms. The SMILES string of the molecule is O=C(COc1ccc(Br)cc1Br)N/N=C/c1ccc(C(=O)O)cc1. The Kier molecular flexibility index (Phi) is 6.51. The number of nitrogens with one attached hydrogen (secondary N) is 1. The van der Waals surface area contributed by atoms with Crippen LogP contribution < -0.4 is 10.2 Å². The minimum Gasteiger partial charge on any atom is -0.483 e. The largest absolute Gasteiger partial charge is 0.483 e. The first-order valence-corrected chi connectivity index (χ1v) is 8.27. The monoisotopic (exact) mass is 454 g/mol. The molecule has 0 atom stereocenters. The van der Waals surface area contributed by atoms with Crippen molar-refractivity contribution >= 4 is 50.0 Å². The zero-order chi connectivity index (χ0) is 17.5. The zero-order valence-electron chi connectivity index (χ0n) is 12.2. The van der Waals surface area contributed by atoms with E-state index in [1.165, 1.54) is 18.3 Å². The number of carbonyl (C=O) groups excluding carboxylic acids is 1. The molecule has 0 radical (unpaired) electrons. The molecule has 0 aliphatic rings. The highest BCUT2D eigenvalue weighted by Gasteiger charge is 2.05. The van der Waals surface area contributed by atoms with Gasteiger partial charge in [-0.15, -0.1) is 0 Å². The molecule has 2 rings (SSSR count). The van der Waals surface area contributed by atoms with E-state index in [0.29, 0.717) is 11.3 Å². The second-order valence-electron chi connectivity index (χ2n) is 4.58. The van der Waals surface area contributed by atoms with E-state index in [0.717, 1.165) is 8.95 Å². The van der Waals surface area contributed by atoms with E-state index in [2.05, 4.69) is 42.4 Å². The van der Waals surface area contributed by atoms with Gasteiger partial charge in [-0.1, -0.05) is 28.1 Å². The summed E-state index contributed by atoms with van der Waals surface area (Å²) in [6.45, 7) is -0.185. The molecule has 24 heavy (non-hydrogen) atoms. The maximum Gasteiger partial charge on any atom is 0.335 e. The van der Waals surface area contributed by atoms with E-state index in [1.54, 1.807) is 24.3 Å². The second-order valence-corrected chi connectivity index (χ2v) is 6.35. The zero-order valence-corrected chi connectivity index (χ0v) is 15.4. The van der Waals surface area contributed by atoms with Gasteiger partial charge in [-0.25, -0.2) is 10.2 Å². The van der Waals surface area contributed by atoms with Gasteiger partial charge < -0.3 is 9.84 Å². The van der Waals surface area contributed by atoms with Crippen LogP contribution in [0.15, 0.2) is 56.5 Å². The van der Waals surface area contributed by atoms with Crippen molar-refractivity contribution in [2.45, 2.75) is 0 Å². The number of hydrogen-bond acceptors (Lipinski definition) is 4. The van der Waals surface area contributed by atoms with Gasteiger partial charge in [-0.05, 0) is 51.8 Å². The smallest absolute Gasteiger partial charge is 0.335 e. The highest BCUT2D eigenvalue weighted by molar-refractivity contribution is 9.11. The average Bonchev–Trinajstić information content (AvgIpc) is 2.54. The number of ether oxygens (including phenoxy) is 1. The number of hydrazone groups is 1. The van der Waals surface area contributed by atoms with Crippen LogP contribution in [0.4, 0.5) is 0 Å². The van der Waals surface area contributed by atoms with Gasteiger partial charge in [0.2, 0.25) is 0 Å². The number of amides is 1. The molecule has 124 valence electrons. The Hall–Kier alpha value is -2.19. The van der Waals surface area contributed by atoms with E-state index < -0.39 is 11.9 Å². The van der Waals surface area contributed by atoms with E-state index in [1.807, 2.05) is 6.07 Å². The number of carbonyl (C=O) groups is 2. The van der Waals surface area contributed by atoms with Gasteiger partial charge >= 0.3 is 5.97 Å². The number of nitrogens with zero attached hydrogens (tertiary/aromatic N) is 1. The molecule has 0 spiro atoms. The summed E-state index contributed by atoms with van der Waals surface area (Å²) in [6, 6.07) is 11.4. The van der Waals surface area contributed by atoms with Crippen molar-refractivity contribution in [3.8, 4) is 5.75 Å². The first-order valence-electron chi connectivity index (χ1n) is 6.69. The van der Waals surface area contributed by atoms with E-state index in [4.69, 9.17) is 9.84 Å². The fourth-order valence-electron chi connectivity index (χ4n) is 1.66. The molecule has 1 amide bonds. The van der Waals surface area contributed by atoms with Crippen molar-refractivity contribution in [3.63, 3.8) is 0 Å². The summed E-state index contributed by atoms with van der Waals surface area (Å²) < 4.78 is 7.00. The summed E-state index contributed by atoms with van der Waals surface area (Å²) in [7, 11) is 0. The first-order chi connectivity index (χ1) is 11.5. The molecule has 6 nitrogen and oxygen atoms in total. The molecule has 0 aromatic heterocycles. The number of rotatable bonds is 6. The lowest BCUT2D eigenvalue weighted by Gasteiger charge is -2.07. The topological polar surface area (TPSA) is 88.0 Å². The highest BCUT2D eigenvalue weighted by Crippen LogP contribution is 2.27. The minimum atomic E-state index is -0.997. The summed E-state index contributed by atoms with van der Waals surface area (Å²) in [5.41, 5.74) is 3.18. The van der Waals surface area contributed by atoms with Gasteiger partial charge in [-0.2, -0.15) is 5.10 Å². The van der Waals surface area contributed by atoms with Crippen molar-refractivity contribution < 1.29 is 19.4 Å². The Morgan fingerprint density at radius 1 is 1.17 bits per heavy atom. The van der Waals surface area contributed by atoms with Gasteiger partial charge in [0.15, 0.2) is 6.61 Å². The number of hydrogen-bond donors (Lipinski definition) is 2. The predicted molar refractivity (Wildman–Crippen MR) is 96.5 cm³/mol. The first kappa shape index (κ1) is 18.2. The lowest BCUT2D eigenvalue weighted by molar-refractivity contribution is -0.123. The Morgan fingerprint density at radius 3 is 2.50 bits per heavy atom. The quantitative estimate of drug-likeness (QED) is 0.515. The van der Waals surface area contributed by atoms with Crippen LogP contribution in [0.25, 0.3) is 0 Å². The number of carboxylic acid groups (broad SMARTS) is 1. The molecule has 2 aromatic rings. The van der Waals surface area contributed by atoms with Crippen LogP contribution >= 0.6 is 31.9 Å². The van der Waals surface area contributed by atoms with Crippen LogP contribution in [0.5, 0.6) is 5.75 Å². The Labute approximate surface area is 154 Å². The standard InChI is InChI=1S/C16H12Br2N2O4/c17-12-5-6-14(13(18)7-12)24-9-15(21)20-19-8-10-1-3-11(4-2-10)16(22)23/h1-8H,9H2,(H,20,21)(H,22,23)/b19-8+. The molecule has 2 N–H and O–H groups in total. The highest BCUT2D eigenvalue weighted by atomic mass is 79.9. The summed E-state index contributed by atoms with van der Waals surface area (Å²) in [5, 5.41) is 12.6. The third-order valence-electron chi connectivity index (χ3n) is 2.81. The van der Waals surface area contributed by atoms with Crippen LogP contribution in [0.2, 0.25) is 0 Å². The molecule has 0 aliphatic carbocycles. The molecule has 2 aromatic carbocycles. The van der Waals surface area contributed by atoms with E-state index in [9.17, 15) is 9.59 Å². The van der Waals surface area contributed by atoms with Crippen molar-refractivity contribution in [3.05, 3.63) is 62.5 Å². The maximum atomic E-state index is 11.7. The van der Waals surface area contributed by atoms with Crippen LogP contribution in [0.3, 0.4) is 0 Å². The summed E-state index contributed by atoms with van der Waals surface area (Å²) in [4.78, 5) is 22.4. The van der Waals surface area contributed by atoms with Crippen LogP contribution in [0.1, 0.15) is 15.9 Å². The minimum absolute atomic E-state index is 0.185. The van der Waals surface area contributed by atoms with Gasteiger partial charge in [0.05, 0.1) is 16.3 Å². The normalized spacial score (nSPS) is 10.6. The third kappa shape index (κ3) is 5.47. The third-order valence-corrected chi connectivity index (χ3v) is 3.93. The number of carboxylic acids is 1. The van der Waals surface area contributed by atoms with Gasteiger partial charge in [-0.3, -0.25) is 4.79 Å². The lowest BCUT2D eigenvalue weighted by Crippen LogP contribution is -2.24. The predicted octanol–water partition coefficient (Wildman–Crippen LogP) is 3.44. The van der Waals surface area contributed by atoms with Gasteiger partial charge in [0.1, 0.15) is 5.75 Å². The molecular weight excluding hydrogens is 444 g/mol. The van der Waals surface area contributed by atoms with Crippen molar-refractivity contribution in [1.29, 1.82) is 0 Å². The number of benzene rings is 2. The molecule has 0 unspecified atom stereocenters. The van der Waals surface area contributed by atoms with E-state index in [-0.39, 0.29) is 12.2 Å². The molecule has 0 fully saturated rings. The average molecular weight is 456 g/mol. The Morgan fingerprint density at radius 2 is 1.88 bits per heavy atom. The molecular formula is C16H12Br2N2O4. The number of aromatic carboxylic acids is 1. The van der Waals surface area contributed by atoms with Crippen molar-refractivity contribution in [2.75, 3.05) is 6.61 Å². The summed E-state index contributed by atoms with van der Waals surface area (Å²) in [5.74, 6) is -0.868. The van der Waals surface area contributed by atoms with Gasteiger partial charge in [0, 0.05) is 4.47 Å². The van der Waals surface area contributed by atoms with Crippen molar-refractivity contribution in [2.24, 2.45) is 5.10 Å². The van der Waals surface area contributed by atoms with Crippen LogP contribution in [-0.2, 0) is 4.79 Å². The van der Waals surface area contributed by atoms with Crippen molar-refractivity contribution in [1.82, 2.24) is 5.43 Å².